The fourth-order valence-corrected chi connectivity index (χ4v) is 2.58. The number of carboxylic acids is 1. The number of rotatable bonds is 6. The van der Waals surface area contributed by atoms with Crippen LogP contribution in [0.1, 0.15) is 18.2 Å². The second-order valence-electron chi connectivity index (χ2n) is 4.22. The van der Waals surface area contributed by atoms with Crippen molar-refractivity contribution in [1.82, 2.24) is 4.90 Å². The summed E-state index contributed by atoms with van der Waals surface area (Å²) in [4.78, 5) is 25.0. The predicted octanol–water partition coefficient (Wildman–Crippen LogP) is 2.51. The maximum Gasteiger partial charge on any atom is 0.308 e. The predicted molar refractivity (Wildman–Crippen MR) is 72.1 cm³/mol. The molecule has 0 spiro atoms. The molecule has 0 aliphatic carbocycles. The molecule has 1 rings (SSSR count). The highest BCUT2D eigenvalue weighted by Crippen LogP contribution is 2.22. The summed E-state index contributed by atoms with van der Waals surface area (Å²) in [6.07, 6.45) is 1.02. The van der Waals surface area contributed by atoms with Gasteiger partial charge < -0.3 is 10.0 Å². The quantitative estimate of drug-likeness (QED) is 0.875. The molecule has 0 aliphatic rings. The average Bonchev–Trinajstić information content (AvgIpc) is 2.71. The topological polar surface area (TPSA) is 57.6 Å². The van der Waals surface area contributed by atoms with Crippen molar-refractivity contribution < 1.29 is 14.7 Å². The highest BCUT2D eigenvalue weighted by atomic mass is 35.5. The summed E-state index contributed by atoms with van der Waals surface area (Å²) in [5.74, 6) is -1.48. The third-order valence-electron chi connectivity index (χ3n) is 2.61. The molecule has 1 aromatic rings. The molecule has 0 bridgehead atoms. The number of carboxylic acid groups (broad SMARTS) is 1. The first-order valence-corrected chi connectivity index (χ1v) is 6.80. The van der Waals surface area contributed by atoms with E-state index in [1.54, 1.807) is 14.0 Å². The molecule has 1 N–H and O–H groups in total. The lowest BCUT2D eigenvalue weighted by Crippen LogP contribution is -2.33. The van der Waals surface area contributed by atoms with Crippen LogP contribution < -0.4 is 0 Å². The maximum absolute atomic E-state index is 11.8. The van der Waals surface area contributed by atoms with E-state index in [1.165, 1.54) is 16.2 Å². The zero-order valence-corrected chi connectivity index (χ0v) is 11.9. The van der Waals surface area contributed by atoms with Crippen LogP contribution in [0.25, 0.3) is 0 Å². The van der Waals surface area contributed by atoms with E-state index in [0.29, 0.717) is 17.2 Å². The first kappa shape index (κ1) is 15.0. The van der Waals surface area contributed by atoms with E-state index in [2.05, 4.69) is 0 Å². The maximum atomic E-state index is 11.8. The van der Waals surface area contributed by atoms with Crippen LogP contribution in [0, 0.1) is 5.92 Å². The van der Waals surface area contributed by atoms with E-state index in [4.69, 9.17) is 16.7 Å². The summed E-state index contributed by atoms with van der Waals surface area (Å²) in [5, 5.41) is 8.77. The molecule has 1 amide bonds. The normalized spacial score (nSPS) is 12.2. The molecule has 0 fully saturated rings. The van der Waals surface area contributed by atoms with Crippen molar-refractivity contribution in [3.8, 4) is 0 Å². The minimum absolute atomic E-state index is 0.0485. The molecule has 18 heavy (non-hydrogen) atoms. The van der Waals surface area contributed by atoms with E-state index in [1.807, 2.05) is 12.1 Å². The monoisotopic (exact) mass is 289 g/mol. The Morgan fingerprint density at radius 2 is 2.17 bits per heavy atom. The van der Waals surface area contributed by atoms with Crippen LogP contribution in [0.15, 0.2) is 12.1 Å². The summed E-state index contributed by atoms with van der Waals surface area (Å²) < 4.78 is 0.713. The molecule has 0 unspecified atom stereocenters. The minimum atomic E-state index is -0.889. The summed E-state index contributed by atoms with van der Waals surface area (Å²) in [7, 11) is 1.63. The first-order valence-electron chi connectivity index (χ1n) is 5.61. The van der Waals surface area contributed by atoms with Crippen molar-refractivity contribution >= 4 is 34.8 Å². The number of nitrogens with zero attached hydrogens (tertiary/aromatic N) is 1. The second kappa shape index (κ2) is 6.75. The van der Waals surface area contributed by atoms with Gasteiger partial charge in [-0.1, -0.05) is 18.5 Å². The van der Waals surface area contributed by atoms with Gasteiger partial charge in [0.1, 0.15) is 0 Å². The molecule has 0 aliphatic heterocycles. The Kier molecular flexibility index (Phi) is 5.62. The fraction of sp³-hybridized carbons (Fsp3) is 0.500. The number of carbonyl (C=O) groups excluding carboxylic acids is 1. The van der Waals surface area contributed by atoms with Crippen molar-refractivity contribution in [3.63, 3.8) is 0 Å². The second-order valence-corrected chi connectivity index (χ2v) is 6.02. The summed E-state index contributed by atoms with van der Waals surface area (Å²) in [6, 6.07) is 3.71. The van der Waals surface area contributed by atoms with Crippen LogP contribution in [-0.2, 0) is 16.0 Å². The van der Waals surface area contributed by atoms with Crippen molar-refractivity contribution in [1.29, 1.82) is 0 Å². The van der Waals surface area contributed by atoms with Crippen molar-refractivity contribution in [2.45, 2.75) is 19.8 Å². The highest BCUT2D eigenvalue weighted by Gasteiger charge is 2.17. The van der Waals surface area contributed by atoms with Gasteiger partial charge in [-0.05, 0) is 18.6 Å². The van der Waals surface area contributed by atoms with Gasteiger partial charge in [0.05, 0.1) is 10.3 Å². The molecule has 0 saturated carbocycles. The van der Waals surface area contributed by atoms with E-state index in [-0.39, 0.29) is 12.5 Å². The third-order valence-corrected chi connectivity index (χ3v) is 3.90. The van der Waals surface area contributed by atoms with Gasteiger partial charge in [-0.15, -0.1) is 11.3 Å². The zero-order chi connectivity index (χ0) is 13.7. The molecular formula is C12H16ClNO3S. The largest absolute Gasteiger partial charge is 0.481 e. The molecular weight excluding hydrogens is 274 g/mol. The lowest BCUT2D eigenvalue weighted by molar-refractivity contribution is -0.142. The van der Waals surface area contributed by atoms with Crippen LogP contribution in [-0.4, -0.2) is 35.5 Å². The van der Waals surface area contributed by atoms with Crippen molar-refractivity contribution in [2.24, 2.45) is 5.92 Å². The molecule has 6 heteroatoms. The molecule has 1 aromatic heterocycles. The van der Waals surface area contributed by atoms with Gasteiger partial charge in [-0.2, -0.15) is 0 Å². The van der Waals surface area contributed by atoms with Gasteiger partial charge in [-0.25, -0.2) is 0 Å². The Bertz CT molecular complexity index is 433. The van der Waals surface area contributed by atoms with E-state index in [9.17, 15) is 9.59 Å². The van der Waals surface area contributed by atoms with Crippen LogP contribution in [0.4, 0.5) is 0 Å². The smallest absolute Gasteiger partial charge is 0.308 e. The zero-order valence-electron chi connectivity index (χ0n) is 10.4. The summed E-state index contributed by atoms with van der Waals surface area (Å²) >= 11 is 7.26. The number of carbonyl (C=O) groups is 2. The SMILES string of the molecule is C[C@H](CN(C)C(=O)CCc1ccc(Cl)s1)C(=O)O. The Labute approximate surface area is 115 Å². The molecule has 0 aromatic carbocycles. The van der Waals surface area contributed by atoms with Gasteiger partial charge in [-0.3, -0.25) is 9.59 Å². The number of amides is 1. The number of aliphatic carboxylic acids is 1. The highest BCUT2D eigenvalue weighted by molar-refractivity contribution is 7.16. The Balaban J connectivity index is 2.38. The molecule has 0 radical (unpaired) electrons. The van der Waals surface area contributed by atoms with Gasteiger partial charge >= 0.3 is 5.97 Å². The van der Waals surface area contributed by atoms with Gasteiger partial charge in [0.2, 0.25) is 5.91 Å². The van der Waals surface area contributed by atoms with Crippen LogP contribution in [0.2, 0.25) is 4.34 Å². The van der Waals surface area contributed by atoms with E-state index in [0.717, 1.165) is 4.88 Å². The third kappa shape index (κ3) is 4.66. The van der Waals surface area contributed by atoms with Crippen LogP contribution in [0.5, 0.6) is 0 Å². The summed E-state index contributed by atoms with van der Waals surface area (Å²) in [5.41, 5.74) is 0. The number of thiophene rings is 1. The summed E-state index contributed by atoms with van der Waals surface area (Å²) in [6.45, 7) is 1.82. The number of hydrogen-bond donors (Lipinski definition) is 1. The average molecular weight is 290 g/mol. The Morgan fingerprint density at radius 1 is 1.50 bits per heavy atom. The number of hydrogen-bond acceptors (Lipinski definition) is 3. The molecule has 1 atom stereocenters. The van der Waals surface area contributed by atoms with Crippen LogP contribution in [0.3, 0.4) is 0 Å². The van der Waals surface area contributed by atoms with E-state index < -0.39 is 11.9 Å². The van der Waals surface area contributed by atoms with Gasteiger partial charge in [0.15, 0.2) is 0 Å². The van der Waals surface area contributed by atoms with Crippen molar-refractivity contribution in [3.05, 3.63) is 21.3 Å². The molecule has 0 saturated heterocycles. The molecule has 100 valence electrons. The number of halogens is 1. The molecule has 1 heterocycles. The Morgan fingerprint density at radius 3 is 2.67 bits per heavy atom. The van der Waals surface area contributed by atoms with Crippen LogP contribution >= 0.6 is 22.9 Å². The number of aryl methyl sites for hydroxylation is 1. The minimum Gasteiger partial charge on any atom is -0.481 e. The first-order chi connectivity index (χ1) is 8.40. The van der Waals surface area contributed by atoms with Crippen molar-refractivity contribution in [2.75, 3.05) is 13.6 Å². The van der Waals surface area contributed by atoms with Gasteiger partial charge in [0.25, 0.3) is 0 Å². The standard InChI is InChI=1S/C12H16ClNO3S/c1-8(12(16)17)7-14(2)11(15)6-4-9-3-5-10(13)18-9/h3,5,8H,4,6-7H2,1-2H3,(H,16,17)/t8-/m1/s1. The lowest BCUT2D eigenvalue weighted by Gasteiger charge is -2.19. The molecule has 4 nitrogen and oxygen atoms in total. The van der Waals surface area contributed by atoms with Gasteiger partial charge in [0, 0.05) is 24.9 Å². The van der Waals surface area contributed by atoms with E-state index >= 15 is 0 Å². The Hall–Kier alpha value is -1.07. The lowest BCUT2D eigenvalue weighted by atomic mass is 10.1. The fourth-order valence-electron chi connectivity index (χ4n) is 1.50.